The predicted octanol–water partition coefficient (Wildman–Crippen LogP) is 7.96. The van der Waals surface area contributed by atoms with Crippen molar-refractivity contribution < 1.29 is 18.5 Å². The van der Waals surface area contributed by atoms with Crippen LogP contribution in [0.3, 0.4) is 0 Å². The van der Waals surface area contributed by atoms with E-state index in [0.29, 0.717) is 6.61 Å². The Bertz CT molecular complexity index is 371. The number of allylic oxidation sites excluding steroid dienone is 2. The molecule has 0 saturated heterocycles. The third-order valence-corrected chi connectivity index (χ3v) is 5.68. The van der Waals surface area contributed by atoms with Gasteiger partial charge in [-0.1, -0.05) is 90.2 Å². The third-order valence-electron chi connectivity index (χ3n) is 4.66. The van der Waals surface area contributed by atoms with Crippen LogP contribution in [-0.4, -0.2) is 18.1 Å². The van der Waals surface area contributed by atoms with Gasteiger partial charge in [-0.25, -0.2) is 4.57 Å². The SMILES string of the molecule is CCCCCCCCC=CCCCCCCCCOP(=O)(O)OCCCC. The first-order chi connectivity index (χ1) is 13.1. The molecule has 1 N–H and O–H groups in total. The van der Waals surface area contributed by atoms with Gasteiger partial charge in [0.1, 0.15) is 0 Å². The van der Waals surface area contributed by atoms with Gasteiger partial charge in [0, 0.05) is 0 Å². The maximum absolute atomic E-state index is 11.6. The van der Waals surface area contributed by atoms with E-state index in [-0.39, 0.29) is 6.61 Å². The van der Waals surface area contributed by atoms with Gasteiger partial charge in [-0.3, -0.25) is 9.05 Å². The summed E-state index contributed by atoms with van der Waals surface area (Å²) in [5, 5.41) is 0. The average molecular weight is 405 g/mol. The first-order valence-corrected chi connectivity index (χ1v) is 12.9. The minimum absolute atomic E-state index is 0.289. The van der Waals surface area contributed by atoms with Gasteiger partial charge in [-0.05, 0) is 38.5 Å². The average Bonchev–Trinajstić information content (AvgIpc) is 2.64. The standard InChI is InChI=1S/C22H45O4P/c1-3-5-7-8-9-10-11-12-13-14-15-16-17-18-19-20-22-26-27(23,24)25-21-6-4-2/h12-13H,3-11,14-22H2,1-2H3,(H,23,24). The molecular formula is C22H45O4P. The second-order valence-corrected chi connectivity index (χ2v) is 8.88. The summed E-state index contributed by atoms with van der Waals surface area (Å²) in [6.07, 6.45) is 23.9. The maximum atomic E-state index is 11.6. The van der Waals surface area contributed by atoms with Gasteiger partial charge in [0.15, 0.2) is 0 Å². The molecule has 4 nitrogen and oxygen atoms in total. The van der Waals surface area contributed by atoms with Gasteiger partial charge in [0.2, 0.25) is 0 Å². The second-order valence-electron chi connectivity index (χ2n) is 7.43. The van der Waals surface area contributed by atoms with Gasteiger partial charge >= 0.3 is 7.82 Å². The van der Waals surface area contributed by atoms with Crippen LogP contribution in [0.5, 0.6) is 0 Å². The van der Waals surface area contributed by atoms with E-state index < -0.39 is 7.82 Å². The summed E-state index contributed by atoms with van der Waals surface area (Å²) < 4.78 is 21.4. The highest BCUT2D eigenvalue weighted by Gasteiger charge is 2.19. The Labute approximate surface area is 168 Å². The summed E-state index contributed by atoms with van der Waals surface area (Å²) in [4.78, 5) is 9.47. The molecule has 0 rings (SSSR count). The number of rotatable bonds is 21. The molecule has 0 bridgehead atoms. The number of phosphoric acid groups is 1. The van der Waals surface area contributed by atoms with Crippen LogP contribution in [0.2, 0.25) is 0 Å². The molecule has 0 aliphatic heterocycles. The van der Waals surface area contributed by atoms with Crippen molar-refractivity contribution in [2.24, 2.45) is 0 Å². The fourth-order valence-corrected chi connectivity index (χ4v) is 3.69. The normalized spacial score (nSPS) is 14.0. The van der Waals surface area contributed by atoms with E-state index in [1.807, 2.05) is 6.92 Å². The molecule has 0 saturated carbocycles. The number of unbranched alkanes of at least 4 members (excludes halogenated alkanes) is 13. The van der Waals surface area contributed by atoms with Gasteiger partial charge in [0.25, 0.3) is 0 Å². The van der Waals surface area contributed by atoms with E-state index in [4.69, 9.17) is 9.05 Å². The van der Waals surface area contributed by atoms with Crippen molar-refractivity contribution in [2.45, 2.75) is 117 Å². The van der Waals surface area contributed by atoms with Crippen LogP contribution in [0, 0.1) is 0 Å². The van der Waals surface area contributed by atoms with Crippen molar-refractivity contribution in [3.63, 3.8) is 0 Å². The molecule has 1 unspecified atom stereocenters. The minimum Gasteiger partial charge on any atom is -0.302 e. The smallest absolute Gasteiger partial charge is 0.302 e. The van der Waals surface area contributed by atoms with E-state index in [1.54, 1.807) is 0 Å². The van der Waals surface area contributed by atoms with Crippen molar-refractivity contribution in [3.8, 4) is 0 Å². The Morgan fingerprint density at radius 1 is 0.630 bits per heavy atom. The molecule has 0 radical (unpaired) electrons. The van der Waals surface area contributed by atoms with Crippen LogP contribution in [0.25, 0.3) is 0 Å². The third kappa shape index (κ3) is 22.0. The first-order valence-electron chi connectivity index (χ1n) is 11.4. The van der Waals surface area contributed by atoms with E-state index in [2.05, 4.69) is 19.1 Å². The summed E-state index contributed by atoms with van der Waals surface area (Å²) in [6.45, 7) is 4.87. The molecule has 162 valence electrons. The van der Waals surface area contributed by atoms with Crippen LogP contribution in [-0.2, 0) is 13.6 Å². The van der Waals surface area contributed by atoms with E-state index in [0.717, 1.165) is 32.1 Å². The van der Waals surface area contributed by atoms with Crippen molar-refractivity contribution in [3.05, 3.63) is 12.2 Å². The van der Waals surface area contributed by atoms with Gasteiger partial charge in [0.05, 0.1) is 13.2 Å². The van der Waals surface area contributed by atoms with E-state index in [1.165, 1.54) is 70.6 Å². The van der Waals surface area contributed by atoms with Crippen LogP contribution >= 0.6 is 7.82 Å². The summed E-state index contributed by atoms with van der Waals surface area (Å²) >= 11 is 0. The molecule has 27 heavy (non-hydrogen) atoms. The highest BCUT2D eigenvalue weighted by atomic mass is 31.2. The molecule has 0 heterocycles. The fraction of sp³-hybridized carbons (Fsp3) is 0.909. The zero-order valence-electron chi connectivity index (χ0n) is 18.0. The predicted molar refractivity (Wildman–Crippen MR) is 116 cm³/mol. The maximum Gasteiger partial charge on any atom is 0.472 e. The Balaban J connectivity index is 3.26. The summed E-state index contributed by atoms with van der Waals surface area (Å²) in [7, 11) is -3.82. The summed E-state index contributed by atoms with van der Waals surface area (Å²) in [5.41, 5.74) is 0. The Morgan fingerprint density at radius 2 is 1.04 bits per heavy atom. The largest absolute Gasteiger partial charge is 0.472 e. The molecule has 0 fully saturated rings. The highest BCUT2D eigenvalue weighted by molar-refractivity contribution is 7.47. The Hall–Kier alpha value is -0.150. The number of hydrogen-bond donors (Lipinski definition) is 1. The van der Waals surface area contributed by atoms with Gasteiger partial charge in [-0.2, -0.15) is 0 Å². The van der Waals surface area contributed by atoms with Gasteiger partial charge < -0.3 is 4.89 Å². The Kier molecular flexibility index (Phi) is 20.5. The van der Waals surface area contributed by atoms with Gasteiger partial charge in [-0.15, -0.1) is 0 Å². The van der Waals surface area contributed by atoms with Crippen molar-refractivity contribution in [2.75, 3.05) is 13.2 Å². The molecule has 0 aromatic heterocycles. The molecule has 1 atom stereocenters. The highest BCUT2D eigenvalue weighted by Crippen LogP contribution is 2.43. The molecule has 0 aliphatic carbocycles. The first kappa shape index (κ1) is 26.9. The number of phosphoric ester groups is 1. The van der Waals surface area contributed by atoms with Crippen LogP contribution in [0.4, 0.5) is 0 Å². The lowest BCUT2D eigenvalue weighted by Crippen LogP contribution is -1.98. The Morgan fingerprint density at radius 3 is 1.56 bits per heavy atom. The summed E-state index contributed by atoms with van der Waals surface area (Å²) in [6, 6.07) is 0. The molecule has 5 heteroatoms. The topological polar surface area (TPSA) is 55.8 Å². The lowest BCUT2D eigenvalue weighted by atomic mass is 10.1. The van der Waals surface area contributed by atoms with Crippen molar-refractivity contribution in [1.82, 2.24) is 0 Å². The summed E-state index contributed by atoms with van der Waals surface area (Å²) in [5.74, 6) is 0. The van der Waals surface area contributed by atoms with Crippen LogP contribution in [0.1, 0.15) is 117 Å². The monoisotopic (exact) mass is 404 g/mol. The van der Waals surface area contributed by atoms with E-state index >= 15 is 0 Å². The van der Waals surface area contributed by atoms with Crippen LogP contribution < -0.4 is 0 Å². The molecule has 0 aromatic carbocycles. The molecular weight excluding hydrogens is 359 g/mol. The molecule has 0 aliphatic rings. The lowest BCUT2D eigenvalue weighted by Gasteiger charge is -2.11. The second kappa shape index (κ2) is 20.6. The van der Waals surface area contributed by atoms with Crippen LogP contribution in [0.15, 0.2) is 12.2 Å². The minimum atomic E-state index is -3.82. The number of hydrogen-bond acceptors (Lipinski definition) is 3. The zero-order valence-corrected chi connectivity index (χ0v) is 18.9. The molecule has 0 spiro atoms. The molecule has 0 aromatic rings. The van der Waals surface area contributed by atoms with E-state index in [9.17, 15) is 9.46 Å². The fourth-order valence-electron chi connectivity index (χ4n) is 2.89. The lowest BCUT2D eigenvalue weighted by molar-refractivity contribution is 0.146. The molecule has 0 amide bonds. The zero-order chi connectivity index (χ0) is 20.1. The quantitative estimate of drug-likeness (QED) is 0.120. The van der Waals surface area contributed by atoms with Crippen molar-refractivity contribution >= 4 is 7.82 Å². The van der Waals surface area contributed by atoms with Crippen molar-refractivity contribution in [1.29, 1.82) is 0 Å².